The van der Waals surface area contributed by atoms with E-state index in [0.29, 0.717) is 17.5 Å². The van der Waals surface area contributed by atoms with Gasteiger partial charge in [-0.05, 0) is 67.2 Å². The fourth-order valence-corrected chi connectivity index (χ4v) is 4.20. The van der Waals surface area contributed by atoms with Gasteiger partial charge in [0.1, 0.15) is 5.75 Å². The first-order chi connectivity index (χ1) is 10.1. The van der Waals surface area contributed by atoms with Gasteiger partial charge in [-0.2, -0.15) is 0 Å². The third kappa shape index (κ3) is 3.42. The monoisotopic (exact) mass is 287 g/mol. The Morgan fingerprint density at radius 1 is 1.19 bits per heavy atom. The lowest BCUT2D eigenvalue weighted by molar-refractivity contribution is 0.185. The molecular formula is C19H29NO. The summed E-state index contributed by atoms with van der Waals surface area (Å²) in [5.41, 5.74) is 3.49. The van der Waals surface area contributed by atoms with Crippen LogP contribution >= 0.6 is 0 Å². The molecule has 0 saturated heterocycles. The number of methoxy groups -OCH3 is 1. The maximum Gasteiger partial charge on any atom is 0.119 e. The first-order valence-corrected chi connectivity index (χ1v) is 8.50. The van der Waals surface area contributed by atoms with Gasteiger partial charge in [-0.25, -0.2) is 0 Å². The molecule has 0 spiro atoms. The maximum absolute atomic E-state index is 5.42. The molecule has 2 atom stereocenters. The minimum absolute atomic E-state index is 0.502. The predicted octanol–water partition coefficient (Wildman–Crippen LogP) is 4.63. The molecule has 2 aliphatic rings. The number of benzene rings is 1. The first-order valence-electron chi connectivity index (χ1n) is 8.50. The molecule has 2 nitrogen and oxygen atoms in total. The van der Waals surface area contributed by atoms with Crippen LogP contribution in [0, 0.1) is 5.41 Å². The summed E-state index contributed by atoms with van der Waals surface area (Å²) in [6.07, 6.45) is 9.16. The van der Waals surface area contributed by atoms with Crippen molar-refractivity contribution in [2.45, 2.75) is 70.9 Å². The molecule has 3 rings (SSSR count). The van der Waals surface area contributed by atoms with E-state index in [1.54, 1.807) is 7.11 Å². The lowest BCUT2D eigenvalue weighted by atomic mass is 9.74. The normalized spacial score (nSPS) is 28.0. The SMILES string of the molecule is COc1ccc2c(c1)C(NC1CCCC(C)(C)C1)CCC2. The van der Waals surface area contributed by atoms with Gasteiger partial charge in [-0.15, -0.1) is 0 Å². The van der Waals surface area contributed by atoms with E-state index >= 15 is 0 Å². The summed E-state index contributed by atoms with van der Waals surface area (Å²) in [5.74, 6) is 0.992. The summed E-state index contributed by atoms with van der Waals surface area (Å²) in [5, 5.41) is 3.97. The number of ether oxygens (including phenoxy) is 1. The van der Waals surface area contributed by atoms with Gasteiger partial charge in [-0.1, -0.05) is 26.3 Å². The molecular weight excluding hydrogens is 258 g/mol. The van der Waals surface area contributed by atoms with Crippen molar-refractivity contribution in [2.24, 2.45) is 5.41 Å². The predicted molar refractivity (Wildman–Crippen MR) is 87.8 cm³/mol. The Hall–Kier alpha value is -1.02. The lowest BCUT2D eigenvalue weighted by Gasteiger charge is -2.39. The molecule has 0 aliphatic heterocycles. The Balaban J connectivity index is 1.75. The maximum atomic E-state index is 5.42. The number of hydrogen-bond donors (Lipinski definition) is 1. The van der Waals surface area contributed by atoms with E-state index in [1.165, 1.54) is 56.1 Å². The van der Waals surface area contributed by atoms with Crippen molar-refractivity contribution < 1.29 is 4.74 Å². The highest BCUT2D eigenvalue weighted by atomic mass is 16.5. The van der Waals surface area contributed by atoms with Gasteiger partial charge in [0.25, 0.3) is 0 Å². The van der Waals surface area contributed by atoms with Crippen LogP contribution in [0.1, 0.15) is 69.5 Å². The van der Waals surface area contributed by atoms with Crippen LogP contribution in [-0.2, 0) is 6.42 Å². The molecule has 2 aliphatic carbocycles. The highest BCUT2D eigenvalue weighted by Gasteiger charge is 2.30. The second-order valence-electron chi connectivity index (χ2n) is 7.63. The molecule has 1 aromatic rings. The molecule has 0 amide bonds. The Kier molecular flexibility index (Phi) is 4.26. The van der Waals surface area contributed by atoms with Gasteiger partial charge < -0.3 is 10.1 Å². The number of hydrogen-bond acceptors (Lipinski definition) is 2. The number of rotatable bonds is 3. The van der Waals surface area contributed by atoms with E-state index in [2.05, 4.69) is 37.4 Å². The number of fused-ring (bicyclic) bond motifs is 1. The largest absolute Gasteiger partial charge is 0.497 e. The van der Waals surface area contributed by atoms with E-state index in [-0.39, 0.29) is 0 Å². The van der Waals surface area contributed by atoms with Crippen molar-refractivity contribution in [2.75, 3.05) is 7.11 Å². The summed E-state index contributed by atoms with van der Waals surface area (Å²) < 4.78 is 5.42. The average molecular weight is 287 g/mol. The highest BCUT2D eigenvalue weighted by Crippen LogP contribution is 2.38. The van der Waals surface area contributed by atoms with E-state index < -0.39 is 0 Å². The molecule has 1 N–H and O–H groups in total. The van der Waals surface area contributed by atoms with Crippen molar-refractivity contribution in [1.29, 1.82) is 0 Å². The molecule has 0 heterocycles. The second kappa shape index (κ2) is 6.00. The molecule has 1 saturated carbocycles. The van der Waals surface area contributed by atoms with E-state index in [0.717, 1.165) is 5.75 Å². The Bertz CT molecular complexity index is 494. The minimum atomic E-state index is 0.502. The molecule has 2 heteroatoms. The van der Waals surface area contributed by atoms with Gasteiger partial charge in [0.2, 0.25) is 0 Å². The Labute approximate surface area is 129 Å². The Morgan fingerprint density at radius 2 is 2.05 bits per heavy atom. The van der Waals surface area contributed by atoms with Crippen LogP contribution in [0.4, 0.5) is 0 Å². The van der Waals surface area contributed by atoms with Crippen LogP contribution in [-0.4, -0.2) is 13.2 Å². The smallest absolute Gasteiger partial charge is 0.119 e. The summed E-state index contributed by atoms with van der Waals surface area (Å²) in [7, 11) is 1.76. The molecule has 1 aromatic carbocycles. The van der Waals surface area contributed by atoms with Crippen LogP contribution in [0.3, 0.4) is 0 Å². The first kappa shape index (κ1) is 14.9. The van der Waals surface area contributed by atoms with Crippen molar-refractivity contribution >= 4 is 0 Å². The molecule has 21 heavy (non-hydrogen) atoms. The zero-order valence-corrected chi connectivity index (χ0v) is 13.7. The van der Waals surface area contributed by atoms with E-state index in [4.69, 9.17) is 4.74 Å². The van der Waals surface area contributed by atoms with Gasteiger partial charge in [-0.3, -0.25) is 0 Å². The zero-order chi connectivity index (χ0) is 14.9. The summed E-state index contributed by atoms with van der Waals surface area (Å²) in [6, 6.07) is 7.80. The third-order valence-electron chi connectivity index (χ3n) is 5.31. The standard InChI is InChI=1S/C19H29NO/c1-19(2)11-5-7-15(13-19)20-18-8-4-6-14-9-10-16(21-3)12-17(14)18/h9-10,12,15,18,20H,4-8,11,13H2,1-3H3. The third-order valence-corrected chi connectivity index (χ3v) is 5.31. The van der Waals surface area contributed by atoms with Gasteiger partial charge in [0.05, 0.1) is 7.11 Å². The van der Waals surface area contributed by atoms with Crippen molar-refractivity contribution in [3.63, 3.8) is 0 Å². The summed E-state index contributed by atoms with van der Waals surface area (Å²) in [6.45, 7) is 4.83. The fourth-order valence-electron chi connectivity index (χ4n) is 4.20. The molecule has 0 aromatic heterocycles. The quantitative estimate of drug-likeness (QED) is 0.875. The Morgan fingerprint density at radius 3 is 2.81 bits per heavy atom. The minimum Gasteiger partial charge on any atom is -0.497 e. The van der Waals surface area contributed by atoms with Crippen molar-refractivity contribution in [3.05, 3.63) is 29.3 Å². The molecule has 2 unspecified atom stereocenters. The zero-order valence-electron chi connectivity index (χ0n) is 13.7. The van der Waals surface area contributed by atoms with E-state index in [9.17, 15) is 0 Å². The lowest BCUT2D eigenvalue weighted by Crippen LogP contribution is -2.40. The second-order valence-corrected chi connectivity index (χ2v) is 7.63. The van der Waals surface area contributed by atoms with Crippen LogP contribution in [0.25, 0.3) is 0 Å². The highest BCUT2D eigenvalue weighted by molar-refractivity contribution is 5.39. The number of nitrogens with one attached hydrogen (secondary N) is 1. The average Bonchev–Trinajstić information content (AvgIpc) is 2.46. The fraction of sp³-hybridized carbons (Fsp3) is 0.684. The summed E-state index contributed by atoms with van der Waals surface area (Å²) in [4.78, 5) is 0. The van der Waals surface area contributed by atoms with Gasteiger partial charge in [0.15, 0.2) is 0 Å². The van der Waals surface area contributed by atoms with Crippen LogP contribution in [0.2, 0.25) is 0 Å². The molecule has 0 bridgehead atoms. The molecule has 1 fully saturated rings. The van der Waals surface area contributed by atoms with Gasteiger partial charge in [0, 0.05) is 12.1 Å². The van der Waals surface area contributed by atoms with Crippen LogP contribution in [0.5, 0.6) is 5.75 Å². The van der Waals surface area contributed by atoms with Crippen LogP contribution in [0.15, 0.2) is 18.2 Å². The van der Waals surface area contributed by atoms with Crippen molar-refractivity contribution in [3.8, 4) is 5.75 Å². The number of aryl methyl sites for hydroxylation is 1. The topological polar surface area (TPSA) is 21.3 Å². The van der Waals surface area contributed by atoms with Crippen LogP contribution < -0.4 is 10.1 Å². The summed E-state index contributed by atoms with van der Waals surface area (Å²) >= 11 is 0. The molecule has 116 valence electrons. The van der Waals surface area contributed by atoms with Crippen molar-refractivity contribution in [1.82, 2.24) is 5.32 Å². The van der Waals surface area contributed by atoms with Gasteiger partial charge >= 0.3 is 0 Å². The van der Waals surface area contributed by atoms with E-state index in [1.807, 2.05) is 0 Å². The molecule has 0 radical (unpaired) electrons.